The van der Waals surface area contributed by atoms with E-state index < -0.39 is 0 Å². The first kappa shape index (κ1) is 13.2. The summed E-state index contributed by atoms with van der Waals surface area (Å²) in [5.41, 5.74) is 6.84. The standard InChI is InChI=1S/C18H22N2/c1-19-18-11-7-15-12-14(6-10-17(15)18)13-4-8-16(9-5-13)20(2)3/h4-6,8-10,12,18-19H,7,11H2,1-3H3. The Labute approximate surface area is 121 Å². The molecule has 0 amide bonds. The summed E-state index contributed by atoms with van der Waals surface area (Å²) in [4.78, 5) is 2.13. The molecule has 0 radical (unpaired) electrons. The summed E-state index contributed by atoms with van der Waals surface area (Å²) in [6.45, 7) is 0. The van der Waals surface area contributed by atoms with Crippen LogP contribution in [0.3, 0.4) is 0 Å². The van der Waals surface area contributed by atoms with Crippen LogP contribution in [0.2, 0.25) is 0 Å². The molecule has 0 aliphatic heterocycles. The molecule has 2 heteroatoms. The monoisotopic (exact) mass is 266 g/mol. The predicted octanol–water partition coefficient (Wildman–Crippen LogP) is 3.63. The predicted molar refractivity (Wildman–Crippen MR) is 86.3 cm³/mol. The Bertz CT molecular complexity index is 599. The highest BCUT2D eigenvalue weighted by Crippen LogP contribution is 2.34. The van der Waals surface area contributed by atoms with Gasteiger partial charge in [-0.25, -0.2) is 0 Å². The maximum absolute atomic E-state index is 3.39. The Balaban J connectivity index is 1.92. The Morgan fingerprint density at radius 2 is 1.70 bits per heavy atom. The Morgan fingerprint density at radius 3 is 2.35 bits per heavy atom. The summed E-state index contributed by atoms with van der Waals surface area (Å²) in [7, 11) is 6.19. The minimum atomic E-state index is 0.537. The van der Waals surface area contributed by atoms with Crippen molar-refractivity contribution >= 4 is 5.69 Å². The molecule has 1 N–H and O–H groups in total. The first-order valence-electron chi connectivity index (χ1n) is 7.27. The third-order valence-electron chi connectivity index (χ3n) is 4.29. The lowest BCUT2D eigenvalue weighted by atomic mass is 9.99. The fraction of sp³-hybridized carbons (Fsp3) is 0.333. The van der Waals surface area contributed by atoms with Crippen LogP contribution in [0.4, 0.5) is 5.69 Å². The smallest absolute Gasteiger partial charge is 0.0361 e. The van der Waals surface area contributed by atoms with Crippen molar-refractivity contribution in [3.05, 3.63) is 53.6 Å². The number of nitrogens with one attached hydrogen (secondary N) is 1. The van der Waals surface area contributed by atoms with E-state index in [1.807, 2.05) is 7.05 Å². The van der Waals surface area contributed by atoms with Crippen LogP contribution in [-0.4, -0.2) is 21.1 Å². The normalized spacial score (nSPS) is 17.1. The molecule has 0 saturated heterocycles. The molecule has 104 valence electrons. The number of aryl methyl sites for hydroxylation is 1. The molecule has 2 aromatic carbocycles. The van der Waals surface area contributed by atoms with Gasteiger partial charge in [0.15, 0.2) is 0 Å². The molecule has 0 fully saturated rings. The molecule has 1 unspecified atom stereocenters. The lowest BCUT2D eigenvalue weighted by molar-refractivity contribution is 0.590. The van der Waals surface area contributed by atoms with Gasteiger partial charge in [0.25, 0.3) is 0 Å². The average Bonchev–Trinajstić information content (AvgIpc) is 2.89. The van der Waals surface area contributed by atoms with Gasteiger partial charge in [0, 0.05) is 25.8 Å². The van der Waals surface area contributed by atoms with Crippen molar-refractivity contribution in [2.45, 2.75) is 18.9 Å². The van der Waals surface area contributed by atoms with Crippen molar-refractivity contribution in [3.8, 4) is 11.1 Å². The van der Waals surface area contributed by atoms with Crippen molar-refractivity contribution in [1.29, 1.82) is 0 Å². The molecule has 1 atom stereocenters. The summed E-state index contributed by atoms with van der Waals surface area (Å²) < 4.78 is 0. The van der Waals surface area contributed by atoms with Crippen LogP contribution < -0.4 is 10.2 Å². The van der Waals surface area contributed by atoms with E-state index in [2.05, 4.69) is 66.8 Å². The molecule has 0 heterocycles. The van der Waals surface area contributed by atoms with E-state index in [1.165, 1.54) is 40.8 Å². The lowest BCUT2D eigenvalue weighted by Crippen LogP contribution is -2.12. The molecular weight excluding hydrogens is 244 g/mol. The molecule has 3 rings (SSSR count). The van der Waals surface area contributed by atoms with E-state index in [9.17, 15) is 0 Å². The van der Waals surface area contributed by atoms with Crippen molar-refractivity contribution in [2.24, 2.45) is 0 Å². The first-order valence-corrected chi connectivity index (χ1v) is 7.27. The van der Waals surface area contributed by atoms with Gasteiger partial charge in [-0.15, -0.1) is 0 Å². The van der Waals surface area contributed by atoms with Crippen LogP contribution in [0.15, 0.2) is 42.5 Å². The lowest BCUT2D eigenvalue weighted by Gasteiger charge is -2.13. The van der Waals surface area contributed by atoms with Crippen LogP contribution in [0, 0.1) is 0 Å². The fourth-order valence-corrected chi connectivity index (χ4v) is 3.05. The molecule has 2 nitrogen and oxygen atoms in total. The number of fused-ring (bicyclic) bond motifs is 1. The summed E-state index contributed by atoms with van der Waals surface area (Å²) >= 11 is 0. The first-order chi connectivity index (χ1) is 9.69. The van der Waals surface area contributed by atoms with Gasteiger partial charge in [-0.1, -0.05) is 30.3 Å². The van der Waals surface area contributed by atoms with Crippen LogP contribution in [0.1, 0.15) is 23.6 Å². The molecule has 1 aliphatic rings. The van der Waals surface area contributed by atoms with Gasteiger partial charge in [-0.2, -0.15) is 0 Å². The number of hydrogen-bond acceptors (Lipinski definition) is 2. The summed E-state index contributed by atoms with van der Waals surface area (Å²) in [6.07, 6.45) is 2.40. The number of nitrogens with zero attached hydrogens (tertiary/aromatic N) is 1. The van der Waals surface area contributed by atoms with E-state index in [1.54, 1.807) is 0 Å². The topological polar surface area (TPSA) is 15.3 Å². The SMILES string of the molecule is CNC1CCc2cc(-c3ccc(N(C)C)cc3)ccc21. The van der Waals surface area contributed by atoms with Crippen LogP contribution >= 0.6 is 0 Å². The summed E-state index contributed by atoms with van der Waals surface area (Å²) in [5, 5.41) is 3.39. The van der Waals surface area contributed by atoms with Crippen LogP contribution in [0.25, 0.3) is 11.1 Å². The zero-order valence-electron chi connectivity index (χ0n) is 12.5. The largest absolute Gasteiger partial charge is 0.378 e. The van der Waals surface area contributed by atoms with Crippen molar-refractivity contribution in [2.75, 3.05) is 26.0 Å². The maximum atomic E-state index is 3.39. The number of benzene rings is 2. The maximum Gasteiger partial charge on any atom is 0.0361 e. The second kappa shape index (κ2) is 5.29. The van der Waals surface area contributed by atoms with Crippen LogP contribution in [0.5, 0.6) is 0 Å². The number of rotatable bonds is 3. The van der Waals surface area contributed by atoms with Gasteiger partial charge in [-0.05, 0) is 54.3 Å². The highest BCUT2D eigenvalue weighted by molar-refractivity contribution is 5.68. The summed E-state index contributed by atoms with van der Waals surface area (Å²) in [5.74, 6) is 0. The second-order valence-electron chi connectivity index (χ2n) is 5.73. The van der Waals surface area contributed by atoms with Crippen molar-refractivity contribution in [1.82, 2.24) is 5.32 Å². The van der Waals surface area contributed by atoms with Gasteiger partial charge in [-0.3, -0.25) is 0 Å². The van der Waals surface area contributed by atoms with Gasteiger partial charge in [0.1, 0.15) is 0 Å². The highest BCUT2D eigenvalue weighted by atomic mass is 15.1. The van der Waals surface area contributed by atoms with Crippen LogP contribution in [-0.2, 0) is 6.42 Å². The molecule has 20 heavy (non-hydrogen) atoms. The second-order valence-corrected chi connectivity index (χ2v) is 5.73. The molecule has 0 aromatic heterocycles. The fourth-order valence-electron chi connectivity index (χ4n) is 3.05. The van der Waals surface area contributed by atoms with E-state index in [0.717, 1.165) is 0 Å². The van der Waals surface area contributed by atoms with E-state index >= 15 is 0 Å². The molecule has 0 spiro atoms. The zero-order valence-corrected chi connectivity index (χ0v) is 12.5. The summed E-state index contributed by atoms with van der Waals surface area (Å²) in [6, 6.07) is 16.2. The zero-order chi connectivity index (χ0) is 14.1. The molecule has 0 bridgehead atoms. The minimum absolute atomic E-state index is 0.537. The van der Waals surface area contributed by atoms with Crippen molar-refractivity contribution in [3.63, 3.8) is 0 Å². The van der Waals surface area contributed by atoms with E-state index in [4.69, 9.17) is 0 Å². The average molecular weight is 266 g/mol. The van der Waals surface area contributed by atoms with Gasteiger partial charge < -0.3 is 10.2 Å². The highest BCUT2D eigenvalue weighted by Gasteiger charge is 2.20. The quantitative estimate of drug-likeness (QED) is 0.912. The van der Waals surface area contributed by atoms with E-state index in [0.29, 0.717) is 6.04 Å². The number of anilines is 1. The third kappa shape index (κ3) is 2.32. The van der Waals surface area contributed by atoms with Gasteiger partial charge in [0.05, 0.1) is 0 Å². The van der Waals surface area contributed by atoms with Crippen molar-refractivity contribution < 1.29 is 0 Å². The third-order valence-corrected chi connectivity index (χ3v) is 4.29. The van der Waals surface area contributed by atoms with Gasteiger partial charge in [0.2, 0.25) is 0 Å². The molecule has 2 aromatic rings. The number of hydrogen-bond donors (Lipinski definition) is 1. The Kier molecular flexibility index (Phi) is 3.49. The van der Waals surface area contributed by atoms with Gasteiger partial charge >= 0.3 is 0 Å². The Morgan fingerprint density at radius 1 is 1.00 bits per heavy atom. The molecule has 1 aliphatic carbocycles. The van der Waals surface area contributed by atoms with E-state index in [-0.39, 0.29) is 0 Å². The molecular formula is C18H22N2. The molecule has 0 saturated carbocycles. The minimum Gasteiger partial charge on any atom is -0.378 e. The Hall–Kier alpha value is -1.80.